The SMILES string of the molecule is CCCC(Cl)(CNc1ccc(OC)c(C)c1C)C(=O)OCC. The third kappa shape index (κ3) is 4.29. The van der Waals surface area contributed by atoms with Crippen molar-refractivity contribution < 1.29 is 14.3 Å². The average molecular weight is 328 g/mol. The Hall–Kier alpha value is -1.42. The summed E-state index contributed by atoms with van der Waals surface area (Å²) in [6.07, 6.45) is 1.37. The van der Waals surface area contributed by atoms with E-state index < -0.39 is 4.87 Å². The smallest absolute Gasteiger partial charge is 0.329 e. The maximum atomic E-state index is 12.1. The molecule has 5 heteroatoms. The summed E-state index contributed by atoms with van der Waals surface area (Å²) in [7, 11) is 1.65. The van der Waals surface area contributed by atoms with Crippen LogP contribution >= 0.6 is 11.6 Å². The molecule has 4 nitrogen and oxygen atoms in total. The molecule has 0 aliphatic rings. The van der Waals surface area contributed by atoms with Crippen molar-refractivity contribution in [1.29, 1.82) is 0 Å². The van der Waals surface area contributed by atoms with Crippen LogP contribution in [0.2, 0.25) is 0 Å². The highest BCUT2D eigenvalue weighted by atomic mass is 35.5. The van der Waals surface area contributed by atoms with Crippen LogP contribution in [0.25, 0.3) is 0 Å². The summed E-state index contributed by atoms with van der Waals surface area (Å²) in [6, 6.07) is 3.85. The topological polar surface area (TPSA) is 47.6 Å². The Labute approximate surface area is 138 Å². The minimum Gasteiger partial charge on any atom is -0.496 e. The number of alkyl halides is 1. The number of carbonyl (C=O) groups is 1. The van der Waals surface area contributed by atoms with E-state index in [1.807, 2.05) is 32.9 Å². The van der Waals surface area contributed by atoms with Crippen LogP contribution in [0.1, 0.15) is 37.8 Å². The molecule has 0 aliphatic carbocycles. The van der Waals surface area contributed by atoms with Crippen molar-refractivity contribution in [3.63, 3.8) is 0 Å². The molecule has 1 aromatic carbocycles. The number of rotatable bonds is 8. The molecule has 1 rings (SSSR count). The van der Waals surface area contributed by atoms with E-state index in [0.717, 1.165) is 29.0 Å². The molecule has 0 amide bonds. The zero-order valence-corrected chi connectivity index (χ0v) is 14.8. The molecule has 0 spiro atoms. The van der Waals surface area contributed by atoms with Gasteiger partial charge in [0.1, 0.15) is 5.75 Å². The summed E-state index contributed by atoms with van der Waals surface area (Å²) in [5.41, 5.74) is 3.10. The number of benzene rings is 1. The third-order valence-corrected chi connectivity index (χ3v) is 4.28. The van der Waals surface area contributed by atoms with Crippen LogP contribution in [0.4, 0.5) is 5.69 Å². The van der Waals surface area contributed by atoms with Gasteiger partial charge in [-0.3, -0.25) is 4.79 Å². The highest BCUT2D eigenvalue weighted by Gasteiger charge is 2.36. The van der Waals surface area contributed by atoms with E-state index >= 15 is 0 Å². The zero-order chi connectivity index (χ0) is 16.8. The van der Waals surface area contributed by atoms with E-state index in [2.05, 4.69) is 5.32 Å². The lowest BCUT2D eigenvalue weighted by Crippen LogP contribution is -2.41. The molecular formula is C17H26ClNO3. The van der Waals surface area contributed by atoms with Gasteiger partial charge in [0.05, 0.1) is 13.7 Å². The molecule has 1 unspecified atom stereocenters. The van der Waals surface area contributed by atoms with E-state index in [0.29, 0.717) is 19.6 Å². The van der Waals surface area contributed by atoms with Gasteiger partial charge < -0.3 is 14.8 Å². The van der Waals surface area contributed by atoms with Gasteiger partial charge in [-0.1, -0.05) is 13.3 Å². The second kappa shape index (κ2) is 8.28. The number of halogens is 1. The molecule has 0 saturated heterocycles. The molecule has 0 heterocycles. The average Bonchev–Trinajstić information content (AvgIpc) is 2.49. The van der Waals surface area contributed by atoms with Gasteiger partial charge >= 0.3 is 5.97 Å². The van der Waals surface area contributed by atoms with Gasteiger partial charge in [-0.05, 0) is 50.5 Å². The Morgan fingerprint density at radius 1 is 1.27 bits per heavy atom. The van der Waals surface area contributed by atoms with Gasteiger partial charge in [0.2, 0.25) is 0 Å². The normalized spacial score (nSPS) is 13.4. The fourth-order valence-corrected chi connectivity index (χ4v) is 2.67. The van der Waals surface area contributed by atoms with Crippen molar-refractivity contribution in [3.8, 4) is 5.75 Å². The molecule has 0 fully saturated rings. The highest BCUT2D eigenvalue weighted by molar-refractivity contribution is 6.34. The first-order valence-corrected chi connectivity index (χ1v) is 8.01. The lowest BCUT2D eigenvalue weighted by atomic mass is 10.0. The van der Waals surface area contributed by atoms with Crippen molar-refractivity contribution >= 4 is 23.3 Å². The summed E-state index contributed by atoms with van der Waals surface area (Å²) >= 11 is 6.51. The Bertz CT molecular complexity index is 519. The molecule has 0 bridgehead atoms. The van der Waals surface area contributed by atoms with E-state index in [-0.39, 0.29) is 5.97 Å². The summed E-state index contributed by atoms with van der Waals surface area (Å²) < 4.78 is 10.4. The van der Waals surface area contributed by atoms with Crippen LogP contribution in [0.3, 0.4) is 0 Å². The molecule has 1 atom stereocenters. The Morgan fingerprint density at radius 3 is 2.50 bits per heavy atom. The van der Waals surface area contributed by atoms with Gasteiger partial charge in [0, 0.05) is 12.2 Å². The van der Waals surface area contributed by atoms with Crippen LogP contribution in [-0.4, -0.2) is 31.1 Å². The van der Waals surface area contributed by atoms with E-state index in [4.69, 9.17) is 21.1 Å². The standard InChI is InChI=1S/C17H26ClNO3/c1-6-10-17(18,16(20)22-7-2)11-19-14-8-9-15(21-5)13(4)12(14)3/h8-9,19H,6-7,10-11H2,1-5H3. The van der Waals surface area contributed by atoms with Crippen LogP contribution in [-0.2, 0) is 9.53 Å². The first-order valence-electron chi connectivity index (χ1n) is 7.63. The maximum absolute atomic E-state index is 12.1. The summed E-state index contributed by atoms with van der Waals surface area (Å²) in [5, 5.41) is 3.28. The number of esters is 1. The fraction of sp³-hybridized carbons (Fsp3) is 0.588. The number of methoxy groups -OCH3 is 1. The molecule has 0 saturated carbocycles. The Balaban J connectivity index is 2.90. The van der Waals surface area contributed by atoms with Crippen LogP contribution in [0.5, 0.6) is 5.75 Å². The van der Waals surface area contributed by atoms with Gasteiger partial charge in [-0.15, -0.1) is 11.6 Å². The molecule has 0 aromatic heterocycles. The first-order chi connectivity index (χ1) is 10.4. The monoisotopic (exact) mass is 327 g/mol. The summed E-state index contributed by atoms with van der Waals surface area (Å²) in [5.74, 6) is 0.480. The van der Waals surface area contributed by atoms with Crippen molar-refractivity contribution in [2.45, 2.75) is 45.4 Å². The fourth-order valence-electron chi connectivity index (χ4n) is 2.36. The Kier molecular flexibility index (Phi) is 7.01. The van der Waals surface area contributed by atoms with Gasteiger partial charge in [-0.25, -0.2) is 0 Å². The predicted molar refractivity (Wildman–Crippen MR) is 91.1 cm³/mol. The lowest BCUT2D eigenvalue weighted by molar-refractivity contribution is -0.146. The third-order valence-electron chi connectivity index (χ3n) is 3.80. The van der Waals surface area contributed by atoms with Crippen LogP contribution in [0.15, 0.2) is 12.1 Å². The van der Waals surface area contributed by atoms with E-state index in [1.54, 1.807) is 14.0 Å². The van der Waals surface area contributed by atoms with Crippen molar-refractivity contribution in [2.75, 3.05) is 25.6 Å². The largest absolute Gasteiger partial charge is 0.496 e. The molecule has 22 heavy (non-hydrogen) atoms. The molecule has 124 valence electrons. The second-order valence-electron chi connectivity index (χ2n) is 5.35. The van der Waals surface area contributed by atoms with Crippen LogP contribution < -0.4 is 10.1 Å². The quantitative estimate of drug-likeness (QED) is 0.577. The number of carbonyl (C=O) groups excluding carboxylic acids is 1. The Morgan fingerprint density at radius 2 is 1.95 bits per heavy atom. The van der Waals surface area contributed by atoms with E-state index in [1.165, 1.54) is 0 Å². The number of hydrogen-bond donors (Lipinski definition) is 1. The number of ether oxygens (including phenoxy) is 2. The molecular weight excluding hydrogens is 302 g/mol. The van der Waals surface area contributed by atoms with Crippen molar-refractivity contribution in [3.05, 3.63) is 23.3 Å². The van der Waals surface area contributed by atoms with Gasteiger partial charge in [0.15, 0.2) is 4.87 Å². The highest BCUT2D eigenvalue weighted by Crippen LogP contribution is 2.29. The number of anilines is 1. The molecule has 1 N–H and O–H groups in total. The minimum atomic E-state index is -1.04. The predicted octanol–water partition coefficient (Wildman–Crippen LogP) is 4.06. The van der Waals surface area contributed by atoms with E-state index in [9.17, 15) is 4.79 Å². The second-order valence-corrected chi connectivity index (χ2v) is 6.08. The molecule has 1 aromatic rings. The zero-order valence-electron chi connectivity index (χ0n) is 14.1. The molecule has 0 aliphatic heterocycles. The van der Waals surface area contributed by atoms with Crippen molar-refractivity contribution in [1.82, 2.24) is 0 Å². The lowest BCUT2D eigenvalue weighted by Gasteiger charge is -2.26. The van der Waals surface area contributed by atoms with Crippen molar-refractivity contribution in [2.24, 2.45) is 0 Å². The number of hydrogen-bond acceptors (Lipinski definition) is 4. The summed E-state index contributed by atoms with van der Waals surface area (Å²) in [6.45, 7) is 8.46. The number of nitrogens with one attached hydrogen (secondary N) is 1. The van der Waals surface area contributed by atoms with Gasteiger partial charge in [-0.2, -0.15) is 0 Å². The first kappa shape index (κ1) is 18.6. The summed E-state index contributed by atoms with van der Waals surface area (Å²) in [4.78, 5) is 11.1. The maximum Gasteiger partial charge on any atom is 0.329 e. The van der Waals surface area contributed by atoms with Gasteiger partial charge in [0.25, 0.3) is 0 Å². The van der Waals surface area contributed by atoms with Crippen LogP contribution in [0, 0.1) is 13.8 Å². The minimum absolute atomic E-state index is 0.327. The molecule has 0 radical (unpaired) electrons.